The number of hydrogen-bond donors (Lipinski definition) is 1. The molecule has 0 radical (unpaired) electrons. The number of carboxylic acids is 1. The Kier molecular flexibility index (Phi) is 6.58. The van der Waals surface area contributed by atoms with E-state index in [0.29, 0.717) is 57.7 Å². The highest BCUT2D eigenvalue weighted by Crippen LogP contribution is 2.21. The molecular weight excluding hydrogens is 348 g/mol. The summed E-state index contributed by atoms with van der Waals surface area (Å²) in [6, 6.07) is 8.98. The summed E-state index contributed by atoms with van der Waals surface area (Å²) in [5.74, 6) is -0.664. The van der Waals surface area contributed by atoms with E-state index in [2.05, 4.69) is 0 Å². The lowest BCUT2D eigenvalue weighted by Gasteiger charge is -2.30. The monoisotopic (exact) mass is 374 g/mol. The van der Waals surface area contributed by atoms with Gasteiger partial charge in [0.05, 0.1) is 25.8 Å². The molecule has 3 rings (SSSR count). The van der Waals surface area contributed by atoms with Gasteiger partial charge in [0.2, 0.25) is 5.91 Å². The Hall–Kier alpha value is -2.25. The SMILES string of the molecule is O=C(O)CN1C[C@@H]2COC[C@H](C1)N(C(=O)CCCC(=O)c1ccccc1)C2. The summed E-state index contributed by atoms with van der Waals surface area (Å²) >= 11 is 0. The molecule has 1 aromatic carbocycles. The van der Waals surface area contributed by atoms with Gasteiger partial charge in [-0.15, -0.1) is 0 Å². The lowest BCUT2D eigenvalue weighted by Crippen LogP contribution is -2.47. The normalized spacial score (nSPS) is 22.9. The Balaban J connectivity index is 1.54. The highest BCUT2D eigenvalue weighted by molar-refractivity contribution is 5.96. The van der Waals surface area contributed by atoms with E-state index in [0.717, 1.165) is 0 Å². The summed E-state index contributed by atoms with van der Waals surface area (Å²) in [6.45, 7) is 2.69. The van der Waals surface area contributed by atoms with Crippen LogP contribution in [0.15, 0.2) is 30.3 Å². The second-order valence-electron chi connectivity index (χ2n) is 7.33. The van der Waals surface area contributed by atoms with Crippen LogP contribution in [0.4, 0.5) is 0 Å². The lowest BCUT2D eigenvalue weighted by atomic mass is 10.0. The van der Waals surface area contributed by atoms with Gasteiger partial charge in [-0.3, -0.25) is 19.3 Å². The maximum Gasteiger partial charge on any atom is 0.317 e. The zero-order valence-electron chi connectivity index (χ0n) is 15.4. The summed E-state index contributed by atoms with van der Waals surface area (Å²) in [5.41, 5.74) is 0.674. The Morgan fingerprint density at radius 1 is 1.04 bits per heavy atom. The molecule has 27 heavy (non-hydrogen) atoms. The van der Waals surface area contributed by atoms with Gasteiger partial charge in [0.15, 0.2) is 5.78 Å². The van der Waals surface area contributed by atoms with Crippen molar-refractivity contribution in [2.75, 3.05) is 39.4 Å². The molecule has 7 heteroatoms. The van der Waals surface area contributed by atoms with Gasteiger partial charge in [0.1, 0.15) is 0 Å². The van der Waals surface area contributed by atoms with Gasteiger partial charge in [-0.25, -0.2) is 0 Å². The topological polar surface area (TPSA) is 87.2 Å². The van der Waals surface area contributed by atoms with Crippen LogP contribution in [0.2, 0.25) is 0 Å². The molecule has 146 valence electrons. The molecule has 0 aromatic heterocycles. The summed E-state index contributed by atoms with van der Waals surface area (Å²) in [7, 11) is 0. The van der Waals surface area contributed by atoms with Gasteiger partial charge in [0, 0.05) is 44.0 Å². The van der Waals surface area contributed by atoms with Crippen LogP contribution in [0.3, 0.4) is 0 Å². The molecule has 0 saturated carbocycles. The number of nitrogens with zero attached hydrogens (tertiary/aromatic N) is 2. The number of benzene rings is 1. The Morgan fingerprint density at radius 2 is 1.81 bits per heavy atom. The number of fused-ring (bicyclic) bond motifs is 3. The first kappa shape index (κ1) is 19.5. The van der Waals surface area contributed by atoms with Crippen LogP contribution in [-0.2, 0) is 14.3 Å². The number of carbonyl (C=O) groups excluding carboxylic acids is 2. The first-order valence-corrected chi connectivity index (χ1v) is 9.42. The van der Waals surface area contributed by atoms with Gasteiger partial charge < -0.3 is 14.7 Å². The number of carboxylic acid groups (broad SMARTS) is 1. The predicted octanol–water partition coefficient (Wildman–Crippen LogP) is 1.28. The molecule has 7 nitrogen and oxygen atoms in total. The molecular formula is C20H26N2O5. The minimum absolute atomic E-state index is 0.0133. The molecule has 2 fully saturated rings. The van der Waals surface area contributed by atoms with Crippen molar-refractivity contribution in [3.8, 4) is 0 Å². The van der Waals surface area contributed by atoms with E-state index >= 15 is 0 Å². The van der Waals surface area contributed by atoms with Crippen molar-refractivity contribution in [2.45, 2.75) is 25.3 Å². The third-order valence-electron chi connectivity index (χ3n) is 5.11. The predicted molar refractivity (Wildman–Crippen MR) is 98.5 cm³/mol. The molecule has 1 aromatic rings. The average Bonchev–Trinajstić information content (AvgIpc) is 2.92. The molecule has 1 amide bonds. The average molecular weight is 374 g/mol. The minimum Gasteiger partial charge on any atom is -0.480 e. The fourth-order valence-electron chi connectivity index (χ4n) is 3.88. The summed E-state index contributed by atoms with van der Waals surface area (Å²) in [4.78, 5) is 39.7. The molecule has 2 atom stereocenters. The van der Waals surface area contributed by atoms with E-state index in [1.165, 1.54) is 0 Å². The van der Waals surface area contributed by atoms with Gasteiger partial charge in [-0.05, 0) is 6.42 Å². The van der Waals surface area contributed by atoms with E-state index in [4.69, 9.17) is 9.84 Å². The fraction of sp³-hybridized carbons (Fsp3) is 0.550. The molecule has 2 aliphatic rings. The number of ether oxygens (including phenoxy) is 1. The maximum atomic E-state index is 12.8. The number of rotatable bonds is 7. The number of hydrogen-bond acceptors (Lipinski definition) is 5. The van der Waals surface area contributed by atoms with E-state index in [1.807, 2.05) is 28.0 Å². The lowest BCUT2D eigenvalue weighted by molar-refractivity contribution is -0.138. The largest absolute Gasteiger partial charge is 0.480 e. The van der Waals surface area contributed by atoms with Crippen molar-refractivity contribution in [3.05, 3.63) is 35.9 Å². The van der Waals surface area contributed by atoms with Gasteiger partial charge in [-0.2, -0.15) is 0 Å². The molecule has 0 spiro atoms. The number of aliphatic carboxylic acids is 1. The third-order valence-corrected chi connectivity index (χ3v) is 5.11. The van der Waals surface area contributed by atoms with Crippen LogP contribution in [0.25, 0.3) is 0 Å². The van der Waals surface area contributed by atoms with E-state index < -0.39 is 5.97 Å². The fourth-order valence-corrected chi connectivity index (χ4v) is 3.88. The van der Waals surface area contributed by atoms with Crippen molar-refractivity contribution in [1.29, 1.82) is 0 Å². The van der Waals surface area contributed by atoms with Crippen molar-refractivity contribution in [3.63, 3.8) is 0 Å². The van der Waals surface area contributed by atoms with Crippen LogP contribution in [-0.4, -0.2) is 78.0 Å². The number of ketones is 1. The second-order valence-corrected chi connectivity index (χ2v) is 7.33. The second kappa shape index (κ2) is 9.10. The van der Waals surface area contributed by atoms with Crippen molar-refractivity contribution >= 4 is 17.7 Å². The third kappa shape index (κ3) is 5.37. The van der Waals surface area contributed by atoms with E-state index in [9.17, 15) is 14.4 Å². The molecule has 2 aliphatic heterocycles. The quantitative estimate of drug-likeness (QED) is 0.724. The Labute approximate surface area is 158 Å². The van der Waals surface area contributed by atoms with Crippen LogP contribution < -0.4 is 0 Å². The van der Waals surface area contributed by atoms with Crippen LogP contribution in [0.5, 0.6) is 0 Å². The van der Waals surface area contributed by atoms with Crippen molar-refractivity contribution < 1.29 is 24.2 Å². The molecule has 2 bridgehead atoms. The summed E-state index contributed by atoms with van der Waals surface area (Å²) in [5, 5.41) is 9.07. The highest BCUT2D eigenvalue weighted by Gasteiger charge is 2.35. The molecule has 2 heterocycles. The summed E-state index contributed by atoms with van der Waals surface area (Å²) < 4.78 is 5.67. The molecule has 0 unspecified atom stereocenters. The van der Waals surface area contributed by atoms with Gasteiger partial charge >= 0.3 is 5.97 Å². The van der Waals surface area contributed by atoms with Crippen molar-refractivity contribution in [1.82, 2.24) is 9.80 Å². The maximum absolute atomic E-state index is 12.8. The first-order valence-electron chi connectivity index (χ1n) is 9.42. The van der Waals surface area contributed by atoms with E-state index in [-0.39, 0.29) is 30.2 Å². The van der Waals surface area contributed by atoms with E-state index in [1.54, 1.807) is 12.1 Å². The van der Waals surface area contributed by atoms with Crippen molar-refractivity contribution in [2.24, 2.45) is 5.92 Å². The smallest absolute Gasteiger partial charge is 0.317 e. The minimum atomic E-state index is -0.854. The zero-order chi connectivity index (χ0) is 19.2. The molecule has 0 aliphatic carbocycles. The van der Waals surface area contributed by atoms with Crippen LogP contribution >= 0.6 is 0 Å². The Morgan fingerprint density at radius 3 is 2.56 bits per heavy atom. The molecule has 2 saturated heterocycles. The van der Waals surface area contributed by atoms with Crippen LogP contribution in [0, 0.1) is 5.92 Å². The zero-order valence-corrected chi connectivity index (χ0v) is 15.4. The Bertz CT molecular complexity index is 678. The summed E-state index contributed by atoms with van der Waals surface area (Å²) in [6.07, 6.45) is 1.18. The van der Waals surface area contributed by atoms with Gasteiger partial charge in [0.25, 0.3) is 0 Å². The highest BCUT2D eigenvalue weighted by atomic mass is 16.5. The number of amides is 1. The van der Waals surface area contributed by atoms with Crippen LogP contribution in [0.1, 0.15) is 29.6 Å². The standard InChI is InChI=1S/C20H26N2O5/c23-18(16-5-2-1-3-6-16)7-4-8-19(24)22-10-15-9-21(12-20(25)26)11-17(22)14-27-13-15/h1-3,5-6,15,17H,4,7-14H2,(H,25,26)/t15-,17-/m0/s1. The molecule has 1 N–H and O–H groups in total. The first-order chi connectivity index (χ1) is 13.0. The van der Waals surface area contributed by atoms with Gasteiger partial charge in [-0.1, -0.05) is 30.3 Å². The number of Topliss-reactive ketones (excluding diaryl/α,β-unsaturated/α-hetero) is 1. The number of carbonyl (C=O) groups is 3.